The van der Waals surface area contributed by atoms with E-state index < -0.39 is 10.0 Å². The van der Waals surface area contributed by atoms with Crippen LogP contribution in [0.3, 0.4) is 0 Å². The van der Waals surface area contributed by atoms with Crippen molar-refractivity contribution >= 4 is 50.3 Å². The third-order valence-electron chi connectivity index (χ3n) is 3.98. The van der Waals surface area contributed by atoms with E-state index in [-0.39, 0.29) is 37.8 Å². The number of likely N-dealkylation sites (N-methyl/N-ethyl adjacent to an activating group) is 1. The SMILES string of the molecule is CC(I)C(=O)OC1C2CC3C(S2)C1N(C)S3(=O)=O. The minimum Gasteiger partial charge on any atom is -0.459 e. The van der Waals surface area contributed by atoms with E-state index in [1.54, 1.807) is 25.7 Å². The molecule has 0 aliphatic carbocycles. The number of halogens is 1. The highest BCUT2D eigenvalue weighted by Gasteiger charge is 2.67. The molecule has 0 radical (unpaired) electrons. The lowest BCUT2D eigenvalue weighted by Gasteiger charge is -2.27. The van der Waals surface area contributed by atoms with Gasteiger partial charge in [-0.25, -0.2) is 8.42 Å². The predicted octanol–water partition coefficient (Wildman–Crippen LogP) is 0.622. The van der Waals surface area contributed by atoms with Crippen LogP contribution >= 0.6 is 34.4 Å². The highest BCUT2D eigenvalue weighted by Crippen LogP contribution is 2.56. The van der Waals surface area contributed by atoms with E-state index in [2.05, 4.69) is 0 Å². The molecule has 3 saturated heterocycles. The van der Waals surface area contributed by atoms with Crippen molar-refractivity contribution in [3.05, 3.63) is 0 Å². The molecular weight excluding hydrogens is 389 g/mol. The second-order valence-corrected chi connectivity index (χ2v) is 10.5. The Morgan fingerprint density at radius 3 is 2.83 bits per heavy atom. The molecule has 3 rings (SSSR count). The largest absolute Gasteiger partial charge is 0.459 e. The molecule has 2 bridgehead atoms. The van der Waals surface area contributed by atoms with Gasteiger partial charge in [0.05, 0.1) is 11.3 Å². The molecule has 3 aliphatic heterocycles. The molecule has 0 saturated carbocycles. The van der Waals surface area contributed by atoms with Gasteiger partial charge >= 0.3 is 5.97 Å². The minimum atomic E-state index is -3.18. The normalized spacial score (nSPS) is 46.3. The van der Waals surface area contributed by atoms with Crippen molar-refractivity contribution in [2.45, 2.75) is 45.2 Å². The third-order valence-corrected chi connectivity index (χ3v) is 8.69. The molecule has 3 fully saturated rings. The number of thioether (sulfide) groups is 1. The van der Waals surface area contributed by atoms with Crippen LogP contribution in [0.1, 0.15) is 13.3 Å². The van der Waals surface area contributed by atoms with Crippen molar-refractivity contribution in [2.75, 3.05) is 7.05 Å². The first-order valence-corrected chi connectivity index (χ1v) is 9.50. The number of carbonyl (C=O) groups is 1. The van der Waals surface area contributed by atoms with E-state index >= 15 is 0 Å². The summed E-state index contributed by atoms with van der Waals surface area (Å²) in [5.41, 5.74) is 0. The average molecular weight is 403 g/mol. The van der Waals surface area contributed by atoms with Gasteiger partial charge in [-0.15, -0.1) is 11.8 Å². The number of fused-ring (bicyclic) bond motifs is 1. The van der Waals surface area contributed by atoms with Crippen molar-refractivity contribution in [2.24, 2.45) is 0 Å². The van der Waals surface area contributed by atoms with Gasteiger partial charge in [0.15, 0.2) is 0 Å². The fraction of sp³-hybridized carbons (Fsp3) is 0.900. The van der Waals surface area contributed by atoms with E-state index in [9.17, 15) is 13.2 Å². The summed E-state index contributed by atoms with van der Waals surface area (Å²) in [6.07, 6.45) is 0.342. The van der Waals surface area contributed by atoms with Crippen molar-refractivity contribution in [3.8, 4) is 0 Å². The van der Waals surface area contributed by atoms with Gasteiger partial charge in [-0.05, 0) is 13.3 Å². The fourth-order valence-electron chi connectivity index (χ4n) is 3.09. The first-order valence-electron chi connectivity index (χ1n) is 5.81. The number of ether oxygens (including phenoxy) is 1. The Kier molecular flexibility index (Phi) is 3.16. The Morgan fingerprint density at radius 2 is 2.22 bits per heavy atom. The second-order valence-electron chi connectivity index (χ2n) is 4.98. The van der Waals surface area contributed by atoms with Gasteiger partial charge in [-0.2, -0.15) is 4.31 Å². The van der Waals surface area contributed by atoms with Gasteiger partial charge < -0.3 is 4.74 Å². The maximum absolute atomic E-state index is 12.1. The maximum atomic E-state index is 12.1. The molecule has 3 heterocycles. The van der Waals surface area contributed by atoms with Crippen LogP contribution in [0.25, 0.3) is 0 Å². The van der Waals surface area contributed by atoms with Gasteiger partial charge in [-0.1, -0.05) is 22.6 Å². The smallest absolute Gasteiger partial charge is 0.318 e. The molecule has 102 valence electrons. The van der Waals surface area contributed by atoms with Crippen LogP contribution < -0.4 is 0 Å². The summed E-state index contributed by atoms with van der Waals surface area (Å²) in [5.74, 6) is -0.247. The molecule has 0 N–H and O–H groups in total. The topological polar surface area (TPSA) is 63.7 Å². The number of sulfonamides is 1. The zero-order valence-electron chi connectivity index (χ0n) is 9.95. The molecular formula is C10H14INO4S2. The summed E-state index contributed by atoms with van der Waals surface area (Å²) < 4.78 is 31.0. The highest BCUT2D eigenvalue weighted by molar-refractivity contribution is 14.1. The third kappa shape index (κ3) is 1.68. The summed E-state index contributed by atoms with van der Waals surface area (Å²) in [6.45, 7) is 1.78. The number of esters is 1. The van der Waals surface area contributed by atoms with E-state index in [1.807, 2.05) is 22.6 Å². The monoisotopic (exact) mass is 403 g/mol. The van der Waals surface area contributed by atoms with E-state index in [4.69, 9.17) is 4.74 Å². The summed E-state index contributed by atoms with van der Waals surface area (Å²) >= 11 is 3.69. The maximum Gasteiger partial charge on any atom is 0.318 e. The molecule has 8 heteroatoms. The molecule has 6 unspecified atom stereocenters. The molecule has 3 aliphatic rings. The quantitative estimate of drug-likeness (QED) is 0.385. The number of nitrogens with zero attached hydrogens (tertiary/aromatic N) is 1. The van der Waals surface area contributed by atoms with E-state index in [0.717, 1.165) is 0 Å². The van der Waals surface area contributed by atoms with Crippen LogP contribution in [0.2, 0.25) is 0 Å². The fourth-order valence-corrected chi connectivity index (χ4v) is 7.89. The lowest BCUT2D eigenvalue weighted by Crippen LogP contribution is -2.46. The average Bonchev–Trinajstić information content (AvgIpc) is 2.88. The van der Waals surface area contributed by atoms with Crippen molar-refractivity contribution < 1.29 is 17.9 Å². The van der Waals surface area contributed by atoms with Crippen LogP contribution in [0, 0.1) is 0 Å². The number of hydrogen-bond donors (Lipinski definition) is 0. The number of carbonyl (C=O) groups excluding carboxylic acids is 1. The zero-order chi connectivity index (χ0) is 13.2. The first kappa shape index (κ1) is 13.4. The van der Waals surface area contributed by atoms with Crippen LogP contribution in [0.15, 0.2) is 0 Å². The Bertz CT molecular complexity index is 494. The lowest BCUT2D eigenvalue weighted by atomic mass is 9.92. The lowest BCUT2D eigenvalue weighted by molar-refractivity contribution is -0.149. The summed E-state index contributed by atoms with van der Waals surface area (Å²) in [7, 11) is -1.57. The second kappa shape index (κ2) is 4.23. The summed E-state index contributed by atoms with van der Waals surface area (Å²) in [4.78, 5) is 11.7. The first-order chi connectivity index (χ1) is 8.34. The van der Waals surface area contributed by atoms with E-state index in [0.29, 0.717) is 6.42 Å². The number of alkyl halides is 1. The summed E-state index contributed by atoms with van der Waals surface area (Å²) in [5, 5.41) is -0.0504. The standard InChI is InChI=1S/C10H14INO4S2/c1-4(11)10(13)16-8-5-3-6-9(17-5)7(8)12(2)18(6,14)15/h4-9H,3H2,1-2H3. The Labute approximate surface area is 124 Å². The van der Waals surface area contributed by atoms with Crippen LogP contribution in [-0.4, -0.2) is 57.6 Å². The Morgan fingerprint density at radius 1 is 1.56 bits per heavy atom. The van der Waals surface area contributed by atoms with Gasteiger partial charge in [0, 0.05) is 17.5 Å². The summed E-state index contributed by atoms with van der Waals surface area (Å²) in [6, 6.07) is -0.164. The van der Waals surface area contributed by atoms with Crippen molar-refractivity contribution in [1.29, 1.82) is 0 Å². The van der Waals surface area contributed by atoms with E-state index in [1.165, 1.54) is 4.31 Å². The molecule has 6 atom stereocenters. The van der Waals surface area contributed by atoms with Crippen LogP contribution in [0.4, 0.5) is 0 Å². The molecule has 5 nitrogen and oxygen atoms in total. The van der Waals surface area contributed by atoms with Crippen LogP contribution in [-0.2, 0) is 19.6 Å². The Hall–Kier alpha value is 0.460. The van der Waals surface area contributed by atoms with Crippen molar-refractivity contribution in [1.82, 2.24) is 4.31 Å². The molecule has 0 spiro atoms. The molecule has 18 heavy (non-hydrogen) atoms. The molecule has 0 aromatic rings. The molecule has 0 amide bonds. The zero-order valence-corrected chi connectivity index (χ0v) is 13.7. The highest BCUT2D eigenvalue weighted by atomic mass is 127. The van der Waals surface area contributed by atoms with Gasteiger partial charge in [0.2, 0.25) is 10.0 Å². The number of rotatable bonds is 2. The number of hydrogen-bond acceptors (Lipinski definition) is 5. The van der Waals surface area contributed by atoms with Gasteiger partial charge in [0.1, 0.15) is 10.0 Å². The van der Waals surface area contributed by atoms with Gasteiger partial charge in [0.25, 0.3) is 0 Å². The van der Waals surface area contributed by atoms with Gasteiger partial charge in [-0.3, -0.25) is 4.79 Å². The van der Waals surface area contributed by atoms with Crippen molar-refractivity contribution in [3.63, 3.8) is 0 Å². The minimum absolute atomic E-state index is 0.0762. The molecule has 0 aromatic carbocycles. The van der Waals surface area contributed by atoms with Crippen LogP contribution in [0.5, 0.6) is 0 Å². The molecule has 0 aromatic heterocycles. The predicted molar refractivity (Wildman–Crippen MR) is 77.4 cm³/mol. The Balaban J connectivity index is 1.87.